The van der Waals surface area contributed by atoms with Crippen LogP contribution in [-0.4, -0.2) is 17.9 Å². The lowest BCUT2D eigenvalue weighted by Crippen LogP contribution is -2.30. The van der Waals surface area contributed by atoms with E-state index in [1.54, 1.807) is 11.3 Å². The third-order valence-electron chi connectivity index (χ3n) is 2.60. The van der Waals surface area contributed by atoms with E-state index < -0.39 is 0 Å². The van der Waals surface area contributed by atoms with Gasteiger partial charge in [0.2, 0.25) is 0 Å². The van der Waals surface area contributed by atoms with E-state index in [4.69, 9.17) is 5.84 Å². The first-order valence-electron chi connectivity index (χ1n) is 5.59. The molecule has 0 saturated carbocycles. The maximum Gasteiger partial charge on any atom is 0.275 e. The van der Waals surface area contributed by atoms with E-state index in [0.717, 1.165) is 22.4 Å². The predicted octanol–water partition coefficient (Wildman–Crippen LogP) is 2.81. The molecule has 2 aromatic heterocycles. The van der Waals surface area contributed by atoms with Crippen LogP contribution in [0, 0.1) is 0 Å². The first kappa shape index (κ1) is 14.7. The van der Waals surface area contributed by atoms with E-state index in [0.29, 0.717) is 4.88 Å². The number of carbonyl (C=O) groups excluding carboxylic acids is 1. The highest BCUT2D eigenvalue weighted by Crippen LogP contribution is 2.23. The molecular weight excluding hydrogens is 346 g/mol. The Labute approximate surface area is 128 Å². The summed E-state index contributed by atoms with van der Waals surface area (Å²) in [5, 5.41) is 4.04. The van der Waals surface area contributed by atoms with Crippen molar-refractivity contribution in [1.29, 1.82) is 0 Å². The summed E-state index contributed by atoms with van der Waals surface area (Å²) in [6.45, 7) is 1.57. The van der Waals surface area contributed by atoms with E-state index in [9.17, 15) is 4.79 Å². The monoisotopic (exact) mass is 359 g/mol. The van der Waals surface area contributed by atoms with Crippen molar-refractivity contribution in [2.24, 2.45) is 5.84 Å². The molecular formula is C12H14BrN3OS2. The van der Waals surface area contributed by atoms with E-state index in [2.05, 4.69) is 37.7 Å². The topological polar surface area (TPSA) is 58.4 Å². The van der Waals surface area contributed by atoms with Gasteiger partial charge >= 0.3 is 0 Å². The molecule has 0 spiro atoms. The molecule has 0 fully saturated rings. The molecule has 0 radical (unpaired) electrons. The number of nitrogen functional groups attached to an aromatic ring is 1. The van der Waals surface area contributed by atoms with Gasteiger partial charge in [-0.2, -0.15) is 0 Å². The molecule has 0 aliphatic rings. The first-order chi connectivity index (χ1) is 9.10. The second kappa shape index (κ2) is 6.62. The van der Waals surface area contributed by atoms with Crippen molar-refractivity contribution >= 4 is 44.5 Å². The molecule has 3 N–H and O–H groups in total. The Bertz CT molecular complexity index is 567. The molecule has 0 bridgehead atoms. The lowest BCUT2D eigenvalue weighted by atomic mass is 10.2. The van der Waals surface area contributed by atoms with Crippen molar-refractivity contribution in [2.45, 2.75) is 13.1 Å². The normalized spacial score (nSPS) is 10.9. The van der Waals surface area contributed by atoms with Gasteiger partial charge in [-0.15, -0.1) is 22.7 Å². The van der Waals surface area contributed by atoms with Crippen molar-refractivity contribution in [3.63, 3.8) is 0 Å². The molecule has 2 rings (SSSR count). The standard InChI is InChI=1S/C12H14BrN3OS2/c1-16(5-8-4-10(13)19-7-8)6-9-2-3-18-11(9)12(17)15-14/h2-4,7H,5-6,14H2,1H3,(H,15,17). The number of halogens is 1. The van der Waals surface area contributed by atoms with Crippen molar-refractivity contribution in [1.82, 2.24) is 10.3 Å². The van der Waals surface area contributed by atoms with Crippen LogP contribution in [-0.2, 0) is 13.1 Å². The summed E-state index contributed by atoms with van der Waals surface area (Å²) in [6.07, 6.45) is 0. The molecule has 2 heterocycles. The predicted molar refractivity (Wildman–Crippen MR) is 83.2 cm³/mol. The second-order valence-electron chi connectivity index (χ2n) is 4.18. The minimum atomic E-state index is -0.225. The van der Waals surface area contributed by atoms with Gasteiger partial charge in [0.15, 0.2) is 0 Å². The number of amides is 1. The molecule has 2 aromatic rings. The Hall–Kier alpha value is -0.730. The number of thiophene rings is 2. The number of rotatable bonds is 5. The summed E-state index contributed by atoms with van der Waals surface area (Å²) in [5.41, 5.74) is 4.45. The van der Waals surface area contributed by atoms with Crippen LogP contribution in [0.3, 0.4) is 0 Å². The number of nitrogens with zero attached hydrogens (tertiary/aromatic N) is 1. The summed E-state index contributed by atoms with van der Waals surface area (Å²) in [6, 6.07) is 4.08. The van der Waals surface area contributed by atoms with Crippen LogP contribution in [0.1, 0.15) is 20.8 Å². The Balaban J connectivity index is 2.01. The molecule has 0 aliphatic heterocycles. The molecule has 0 saturated heterocycles. The molecule has 0 aromatic carbocycles. The third kappa shape index (κ3) is 3.87. The Morgan fingerprint density at radius 1 is 1.47 bits per heavy atom. The average molecular weight is 360 g/mol. The highest BCUT2D eigenvalue weighted by molar-refractivity contribution is 9.11. The van der Waals surface area contributed by atoms with Gasteiger partial charge in [-0.1, -0.05) is 0 Å². The van der Waals surface area contributed by atoms with E-state index >= 15 is 0 Å². The van der Waals surface area contributed by atoms with Gasteiger partial charge in [0, 0.05) is 13.1 Å². The zero-order valence-electron chi connectivity index (χ0n) is 10.4. The average Bonchev–Trinajstić information content (AvgIpc) is 2.97. The summed E-state index contributed by atoms with van der Waals surface area (Å²) in [7, 11) is 2.04. The number of carbonyl (C=O) groups is 1. The number of nitrogens with two attached hydrogens (primary N) is 1. The van der Waals surface area contributed by atoms with Crippen LogP contribution in [0.15, 0.2) is 26.7 Å². The van der Waals surface area contributed by atoms with Crippen molar-refractivity contribution in [3.05, 3.63) is 42.7 Å². The van der Waals surface area contributed by atoms with Crippen LogP contribution >= 0.6 is 38.6 Å². The molecule has 0 unspecified atom stereocenters. The Kier molecular flexibility index (Phi) is 5.12. The highest BCUT2D eigenvalue weighted by Gasteiger charge is 2.13. The molecule has 7 heteroatoms. The lowest BCUT2D eigenvalue weighted by molar-refractivity contribution is 0.0956. The maximum atomic E-state index is 11.6. The fourth-order valence-corrected chi connectivity index (χ4v) is 3.83. The summed E-state index contributed by atoms with van der Waals surface area (Å²) in [4.78, 5) is 14.4. The smallest absolute Gasteiger partial charge is 0.275 e. The highest BCUT2D eigenvalue weighted by atomic mass is 79.9. The van der Waals surface area contributed by atoms with Gasteiger partial charge in [0.1, 0.15) is 0 Å². The maximum absolute atomic E-state index is 11.6. The van der Waals surface area contributed by atoms with Crippen molar-refractivity contribution < 1.29 is 4.79 Å². The van der Waals surface area contributed by atoms with Crippen LogP contribution in [0.4, 0.5) is 0 Å². The van der Waals surface area contributed by atoms with Crippen molar-refractivity contribution in [3.8, 4) is 0 Å². The molecule has 19 heavy (non-hydrogen) atoms. The fourth-order valence-electron chi connectivity index (χ4n) is 1.81. The Morgan fingerprint density at radius 3 is 2.89 bits per heavy atom. The van der Waals surface area contributed by atoms with Crippen LogP contribution < -0.4 is 11.3 Å². The zero-order chi connectivity index (χ0) is 13.8. The SMILES string of the molecule is CN(Cc1csc(Br)c1)Cc1ccsc1C(=O)NN. The largest absolute Gasteiger partial charge is 0.298 e. The minimum Gasteiger partial charge on any atom is -0.298 e. The number of nitrogens with one attached hydrogen (secondary N) is 1. The van der Waals surface area contributed by atoms with Crippen LogP contribution in [0.2, 0.25) is 0 Å². The molecule has 0 atom stereocenters. The summed E-state index contributed by atoms with van der Waals surface area (Å²) >= 11 is 6.55. The van der Waals surface area contributed by atoms with Crippen molar-refractivity contribution in [2.75, 3.05) is 7.05 Å². The molecule has 1 amide bonds. The lowest BCUT2D eigenvalue weighted by Gasteiger charge is -2.15. The van der Waals surface area contributed by atoms with Gasteiger partial charge in [0.25, 0.3) is 5.91 Å². The molecule has 0 aliphatic carbocycles. The Morgan fingerprint density at radius 2 is 2.26 bits per heavy atom. The summed E-state index contributed by atoms with van der Waals surface area (Å²) < 4.78 is 1.13. The molecule has 102 valence electrons. The van der Waals surface area contributed by atoms with E-state index in [-0.39, 0.29) is 5.91 Å². The van der Waals surface area contributed by atoms with Gasteiger partial charge in [-0.25, -0.2) is 5.84 Å². The fraction of sp³-hybridized carbons (Fsp3) is 0.250. The first-order valence-corrected chi connectivity index (χ1v) is 8.14. The van der Waals surface area contributed by atoms with Gasteiger partial charge in [0.05, 0.1) is 8.66 Å². The minimum absolute atomic E-state index is 0.225. The van der Waals surface area contributed by atoms with Gasteiger partial charge < -0.3 is 0 Å². The second-order valence-corrected chi connectivity index (χ2v) is 7.39. The van der Waals surface area contributed by atoms with E-state index in [1.165, 1.54) is 16.9 Å². The third-order valence-corrected chi connectivity index (χ3v) is 5.11. The van der Waals surface area contributed by atoms with Crippen LogP contribution in [0.5, 0.6) is 0 Å². The number of hydrogen-bond acceptors (Lipinski definition) is 5. The van der Waals surface area contributed by atoms with Crippen LogP contribution in [0.25, 0.3) is 0 Å². The van der Waals surface area contributed by atoms with Gasteiger partial charge in [-0.3, -0.25) is 15.1 Å². The zero-order valence-corrected chi connectivity index (χ0v) is 13.6. The quantitative estimate of drug-likeness (QED) is 0.490. The van der Waals surface area contributed by atoms with E-state index in [1.807, 2.05) is 18.5 Å². The molecule has 4 nitrogen and oxygen atoms in total. The number of hydrazine groups is 1. The van der Waals surface area contributed by atoms with Gasteiger partial charge in [-0.05, 0) is 57.0 Å². The summed E-state index contributed by atoms with van der Waals surface area (Å²) in [5.74, 6) is 4.95. The number of hydrogen-bond donors (Lipinski definition) is 2.